The lowest BCUT2D eigenvalue weighted by molar-refractivity contribution is 0.0678. The molecule has 3 heterocycles. The van der Waals surface area contributed by atoms with E-state index in [1.807, 2.05) is 22.8 Å². The van der Waals surface area contributed by atoms with Gasteiger partial charge in [-0.1, -0.05) is 0 Å². The molecule has 0 saturated carbocycles. The molecule has 20 heavy (non-hydrogen) atoms. The van der Waals surface area contributed by atoms with Gasteiger partial charge in [0.15, 0.2) is 10.4 Å². The fourth-order valence-electron chi connectivity index (χ4n) is 2.61. The fraction of sp³-hybridized carbons (Fsp3) is 0.429. The summed E-state index contributed by atoms with van der Waals surface area (Å²) in [5.41, 5.74) is 1.13. The molecule has 0 N–H and O–H groups in total. The van der Waals surface area contributed by atoms with Crippen molar-refractivity contribution in [2.45, 2.75) is 18.8 Å². The molecule has 2 aromatic heterocycles. The Balaban J connectivity index is 1.62. The number of hydrogen-bond acceptors (Lipinski definition) is 3. The first-order valence-corrected chi connectivity index (χ1v) is 7.47. The van der Waals surface area contributed by atoms with Crippen molar-refractivity contribution in [3.05, 3.63) is 40.5 Å². The van der Waals surface area contributed by atoms with E-state index >= 15 is 0 Å². The summed E-state index contributed by atoms with van der Waals surface area (Å²) in [6, 6.07) is 5.51. The van der Waals surface area contributed by atoms with Crippen LogP contribution >= 0.6 is 15.9 Å². The molecular formula is C14H16BrN3O2. The molecule has 1 amide bonds. The molecule has 0 bridgehead atoms. The van der Waals surface area contributed by atoms with Crippen LogP contribution in [0.1, 0.15) is 35.0 Å². The highest BCUT2D eigenvalue weighted by Crippen LogP contribution is 2.27. The molecule has 0 atom stereocenters. The summed E-state index contributed by atoms with van der Waals surface area (Å²) in [5, 5.41) is 4.45. The lowest BCUT2D eigenvalue weighted by atomic mass is 9.93. The van der Waals surface area contributed by atoms with Gasteiger partial charge in [-0.15, -0.1) is 0 Å². The van der Waals surface area contributed by atoms with Crippen LogP contribution in [0.4, 0.5) is 0 Å². The van der Waals surface area contributed by atoms with Gasteiger partial charge >= 0.3 is 0 Å². The van der Waals surface area contributed by atoms with E-state index in [2.05, 4.69) is 27.1 Å². The van der Waals surface area contributed by atoms with Crippen LogP contribution in [0.5, 0.6) is 0 Å². The minimum Gasteiger partial charge on any atom is -0.444 e. The first-order valence-electron chi connectivity index (χ1n) is 6.67. The number of carbonyl (C=O) groups excluding carboxylic acids is 1. The number of likely N-dealkylation sites (tertiary alicyclic amines) is 1. The van der Waals surface area contributed by atoms with E-state index in [4.69, 9.17) is 4.42 Å². The lowest BCUT2D eigenvalue weighted by Crippen LogP contribution is -2.37. The van der Waals surface area contributed by atoms with Crippen LogP contribution in [-0.4, -0.2) is 33.7 Å². The average Bonchev–Trinajstić information content (AvgIpc) is 3.07. The van der Waals surface area contributed by atoms with Gasteiger partial charge in [0.1, 0.15) is 0 Å². The minimum absolute atomic E-state index is 0.0322. The Hall–Kier alpha value is -1.56. The molecule has 1 aliphatic heterocycles. The predicted molar refractivity (Wildman–Crippen MR) is 77.5 cm³/mol. The van der Waals surface area contributed by atoms with E-state index in [9.17, 15) is 4.79 Å². The second-order valence-corrected chi connectivity index (χ2v) is 5.87. The van der Waals surface area contributed by atoms with E-state index in [1.165, 1.54) is 0 Å². The molecule has 0 unspecified atom stereocenters. The standard InChI is InChI=1S/C14H16BrN3O2/c1-17-7-6-11(16-17)10-4-8-18(9-5-10)14(19)12-2-3-13(15)20-12/h2-3,6-7,10H,4-5,8-9H2,1H3. The van der Waals surface area contributed by atoms with E-state index < -0.39 is 0 Å². The molecule has 106 valence electrons. The number of rotatable bonds is 2. The molecule has 3 rings (SSSR count). The maximum atomic E-state index is 12.3. The van der Waals surface area contributed by atoms with Gasteiger partial charge in [0.05, 0.1) is 5.69 Å². The van der Waals surface area contributed by atoms with Crippen molar-refractivity contribution in [1.29, 1.82) is 0 Å². The van der Waals surface area contributed by atoms with E-state index in [0.29, 0.717) is 16.3 Å². The van der Waals surface area contributed by atoms with Crippen molar-refractivity contribution < 1.29 is 9.21 Å². The van der Waals surface area contributed by atoms with Gasteiger partial charge < -0.3 is 9.32 Å². The Kier molecular flexibility index (Phi) is 3.65. The fourth-order valence-corrected chi connectivity index (χ4v) is 2.92. The summed E-state index contributed by atoms with van der Waals surface area (Å²) in [4.78, 5) is 14.1. The molecular weight excluding hydrogens is 322 g/mol. The van der Waals surface area contributed by atoms with Crippen LogP contribution in [0.3, 0.4) is 0 Å². The van der Waals surface area contributed by atoms with Crippen molar-refractivity contribution in [2.24, 2.45) is 7.05 Å². The molecule has 1 saturated heterocycles. The van der Waals surface area contributed by atoms with Crippen LogP contribution in [0, 0.1) is 0 Å². The molecule has 2 aromatic rings. The Morgan fingerprint density at radius 1 is 1.35 bits per heavy atom. The maximum Gasteiger partial charge on any atom is 0.289 e. The van der Waals surface area contributed by atoms with E-state index in [0.717, 1.165) is 31.6 Å². The number of piperidine rings is 1. The molecule has 1 aliphatic rings. The maximum absolute atomic E-state index is 12.3. The third-order valence-corrected chi connectivity index (χ3v) is 4.14. The molecule has 6 heteroatoms. The zero-order valence-corrected chi connectivity index (χ0v) is 12.8. The van der Waals surface area contributed by atoms with Gasteiger partial charge in [-0.25, -0.2) is 0 Å². The SMILES string of the molecule is Cn1ccc(C2CCN(C(=O)c3ccc(Br)o3)CC2)n1. The van der Waals surface area contributed by atoms with Crippen LogP contribution < -0.4 is 0 Å². The molecule has 0 spiro atoms. The van der Waals surface area contributed by atoms with Crippen molar-refractivity contribution in [1.82, 2.24) is 14.7 Å². The third kappa shape index (κ3) is 2.65. The second-order valence-electron chi connectivity index (χ2n) is 5.08. The molecule has 0 aliphatic carbocycles. The van der Waals surface area contributed by atoms with Crippen LogP contribution in [0.25, 0.3) is 0 Å². The Morgan fingerprint density at radius 3 is 2.65 bits per heavy atom. The first-order chi connectivity index (χ1) is 9.63. The Morgan fingerprint density at radius 2 is 2.10 bits per heavy atom. The topological polar surface area (TPSA) is 51.3 Å². The number of nitrogens with zero attached hydrogens (tertiary/aromatic N) is 3. The lowest BCUT2D eigenvalue weighted by Gasteiger charge is -2.30. The number of halogens is 1. The average molecular weight is 338 g/mol. The minimum atomic E-state index is -0.0322. The number of amides is 1. The van der Waals surface area contributed by atoms with Crippen molar-refractivity contribution in [3.8, 4) is 0 Å². The van der Waals surface area contributed by atoms with Crippen molar-refractivity contribution >= 4 is 21.8 Å². The summed E-state index contributed by atoms with van der Waals surface area (Å²) >= 11 is 3.22. The van der Waals surface area contributed by atoms with E-state index in [1.54, 1.807) is 12.1 Å². The zero-order chi connectivity index (χ0) is 14.1. The van der Waals surface area contributed by atoms with Gasteiger partial charge in [-0.2, -0.15) is 5.10 Å². The number of aryl methyl sites for hydroxylation is 1. The number of carbonyl (C=O) groups is 1. The van der Waals surface area contributed by atoms with Crippen LogP contribution in [0.2, 0.25) is 0 Å². The quantitative estimate of drug-likeness (QED) is 0.846. The summed E-state index contributed by atoms with van der Waals surface area (Å²) < 4.78 is 7.74. The van der Waals surface area contributed by atoms with Gasteiger partial charge in [-0.3, -0.25) is 9.48 Å². The summed E-state index contributed by atoms with van der Waals surface area (Å²) in [5.74, 6) is 0.812. The van der Waals surface area contributed by atoms with Crippen molar-refractivity contribution in [3.63, 3.8) is 0 Å². The van der Waals surface area contributed by atoms with Gasteiger partial charge in [-0.05, 0) is 47.0 Å². The molecule has 1 fully saturated rings. The van der Waals surface area contributed by atoms with Crippen LogP contribution in [-0.2, 0) is 7.05 Å². The normalized spacial score (nSPS) is 16.6. The highest BCUT2D eigenvalue weighted by Gasteiger charge is 2.27. The Bertz CT molecular complexity index is 611. The van der Waals surface area contributed by atoms with E-state index in [-0.39, 0.29) is 5.91 Å². The number of furan rings is 1. The number of hydrogen-bond donors (Lipinski definition) is 0. The zero-order valence-electron chi connectivity index (χ0n) is 11.3. The van der Waals surface area contributed by atoms with Gasteiger partial charge in [0.25, 0.3) is 5.91 Å². The summed E-state index contributed by atoms with van der Waals surface area (Å²) in [6.45, 7) is 1.50. The monoisotopic (exact) mass is 337 g/mol. The van der Waals surface area contributed by atoms with Gasteiger partial charge in [0, 0.05) is 32.3 Å². The van der Waals surface area contributed by atoms with Gasteiger partial charge in [0.2, 0.25) is 0 Å². The smallest absolute Gasteiger partial charge is 0.289 e. The number of aromatic nitrogens is 2. The highest BCUT2D eigenvalue weighted by atomic mass is 79.9. The molecule has 0 aromatic carbocycles. The van der Waals surface area contributed by atoms with Crippen molar-refractivity contribution in [2.75, 3.05) is 13.1 Å². The molecule has 5 nitrogen and oxygen atoms in total. The highest BCUT2D eigenvalue weighted by molar-refractivity contribution is 9.10. The second kappa shape index (κ2) is 5.44. The summed E-state index contributed by atoms with van der Waals surface area (Å²) in [6.07, 6.45) is 3.86. The first kappa shape index (κ1) is 13.4. The molecule has 0 radical (unpaired) electrons. The largest absolute Gasteiger partial charge is 0.444 e. The van der Waals surface area contributed by atoms with Crippen LogP contribution in [0.15, 0.2) is 33.5 Å². The predicted octanol–water partition coefficient (Wildman–Crippen LogP) is 2.80. The Labute approximate surface area is 125 Å². The third-order valence-electron chi connectivity index (χ3n) is 3.72. The summed E-state index contributed by atoms with van der Waals surface area (Å²) in [7, 11) is 1.93.